The second kappa shape index (κ2) is 10.7. The van der Waals surface area contributed by atoms with E-state index < -0.39 is 0 Å². The molecule has 21 heavy (non-hydrogen) atoms. The van der Waals surface area contributed by atoms with Crippen molar-refractivity contribution in [3.05, 3.63) is 0 Å². The zero-order valence-electron chi connectivity index (χ0n) is 13.1. The predicted octanol–water partition coefficient (Wildman–Crippen LogP) is 2.20. The molecule has 1 aliphatic heterocycles. The molecule has 3 unspecified atom stereocenters. The van der Waals surface area contributed by atoms with E-state index in [1.165, 1.54) is 25.8 Å². The van der Waals surface area contributed by atoms with Crippen LogP contribution in [0.5, 0.6) is 0 Å². The van der Waals surface area contributed by atoms with Crippen LogP contribution in [0.4, 0.5) is 0 Å². The molecule has 3 atom stereocenters. The van der Waals surface area contributed by atoms with E-state index >= 15 is 0 Å². The molecule has 2 aliphatic rings. The van der Waals surface area contributed by atoms with Gasteiger partial charge in [0.05, 0.1) is 0 Å². The number of rotatable bonds is 5. The van der Waals surface area contributed by atoms with Crippen LogP contribution >= 0.6 is 24.8 Å². The molecule has 1 saturated heterocycles. The van der Waals surface area contributed by atoms with E-state index in [-0.39, 0.29) is 36.8 Å². The van der Waals surface area contributed by atoms with Gasteiger partial charge in [-0.25, -0.2) is 0 Å². The number of amides is 1. The number of carbonyl (C=O) groups is 1. The van der Waals surface area contributed by atoms with Gasteiger partial charge in [-0.1, -0.05) is 19.8 Å². The topological polar surface area (TPSA) is 58.4 Å². The molecule has 6 heteroatoms. The van der Waals surface area contributed by atoms with Crippen molar-refractivity contribution < 1.29 is 4.79 Å². The van der Waals surface area contributed by atoms with E-state index in [1.807, 2.05) is 0 Å². The molecule has 0 bridgehead atoms. The van der Waals surface area contributed by atoms with E-state index in [0.29, 0.717) is 18.3 Å². The number of carbonyl (C=O) groups excluding carboxylic acids is 1. The van der Waals surface area contributed by atoms with Crippen LogP contribution in [0, 0.1) is 11.8 Å². The summed E-state index contributed by atoms with van der Waals surface area (Å²) in [6.07, 6.45) is 6.53. The zero-order chi connectivity index (χ0) is 13.7. The van der Waals surface area contributed by atoms with Crippen LogP contribution in [0.2, 0.25) is 0 Å². The van der Waals surface area contributed by atoms with Crippen LogP contribution in [-0.4, -0.2) is 43.0 Å². The SMILES string of the molecule is CCN1CCC(CNC(=O)CC2CCCCC2N)C1.Cl.Cl. The smallest absolute Gasteiger partial charge is 0.220 e. The van der Waals surface area contributed by atoms with Gasteiger partial charge < -0.3 is 16.0 Å². The fourth-order valence-corrected chi connectivity index (χ4v) is 3.42. The Hall–Kier alpha value is -0.0300. The van der Waals surface area contributed by atoms with Gasteiger partial charge in [0.2, 0.25) is 5.91 Å². The van der Waals surface area contributed by atoms with Crippen LogP contribution in [0.25, 0.3) is 0 Å². The summed E-state index contributed by atoms with van der Waals surface area (Å²) < 4.78 is 0. The fourth-order valence-electron chi connectivity index (χ4n) is 3.42. The van der Waals surface area contributed by atoms with E-state index in [1.54, 1.807) is 0 Å². The zero-order valence-corrected chi connectivity index (χ0v) is 14.7. The lowest BCUT2D eigenvalue weighted by molar-refractivity contribution is -0.122. The Bertz CT molecular complexity index is 305. The van der Waals surface area contributed by atoms with Crippen molar-refractivity contribution in [3.8, 4) is 0 Å². The number of halogens is 2. The molecule has 0 spiro atoms. The van der Waals surface area contributed by atoms with Gasteiger partial charge in [0.1, 0.15) is 0 Å². The molecule has 2 rings (SSSR count). The second-order valence-electron chi connectivity index (χ2n) is 6.26. The van der Waals surface area contributed by atoms with Crippen molar-refractivity contribution in [2.75, 3.05) is 26.2 Å². The maximum atomic E-state index is 12.0. The lowest BCUT2D eigenvalue weighted by Gasteiger charge is -2.28. The van der Waals surface area contributed by atoms with E-state index in [4.69, 9.17) is 5.73 Å². The summed E-state index contributed by atoms with van der Waals surface area (Å²) in [5, 5.41) is 3.12. The van der Waals surface area contributed by atoms with Crippen molar-refractivity contribution >= 4 is 30.7 Å². The number of nitrogens with two attached hydrogens (primary N) is 1. The molecule has 0 aromatic carbocycles. The number of hydrogen-bond donors (Lipinski definition) is 2. The van der Waals surface area contributed by atoms with Gasteiger partial charge in [0.15, 0.2) is 0 Å². The molecule has 126 valence electrons. The number of nitrogens with zero attached hydrogens (tertiary/aromatic N) is 1. The minimum absolute atomic E-state index is 0. The number of nitrogens with one attached hydrogen (secondary N) is 1. The fraction of sp³-hybridized carbons (Fsp3) is 0.933. The molecule has 3 N–H and O–H groups in total. The molecule has 0 aromatic heterocycles. The summed E-state index contributed by atoms with van der Waals surface area (Å²) in [5.41, 5.74) is 6.10. The summed E-state index contributed by atoms with van der Waals surface area (Å²) in [5.74, 6) is 1.26. The summed E-state index contributed by atoms with van der Waals surface area (Å²) in [6.45, 7) is 6.49. The molecule has 1 saturated carbocycles. The standard InChI is InChI=1S/C15H29N3O.2ClH/c1-2-18-8-7-12(11-18)10-17-15(19)9-13-5-3-4-6-14(13)16;;/h12-14H,2-11,16H2,1H3,(H,17,19);2*1H. The van der Waals surface area contributed by atoms with Crippen LogP contribution in [-0.2, 0) is 4.79 Å². The minimum atomic E-state index is 0. The van der Waals surface area contributed by atoms with Crippen molar-refractivity contribution in [1.29, 1.82) is 0 Å². The number of likely N-dealkylation sites (tertiary alicyclic amines) is 1. The molecule has 1 aliphatic carbocycles. The third-order valence-electron chi connectivity index (χ3n) is 4.82. The van der Waals surface area contributed by atoms with Crippen molar-refractivity contribution in [3.63, 3.8) is 0 Å². The van der Waals surface area contributed by atoms with E-state index in [2.05, 4.69) is 17.1 Å². The van der Waals surface area contributed by atoms with Crippen LogP contribution in [0.15, 0.2) is 0 Å². The largest absolute Gasteiger partial charge is 0.356 e. The van der Waals surface area contributed by atoms with Crippen molar-refractivity contribution in [2.24, 2.45) is 17.6 Å². The molecule has 1 heterocycles. The maximum absolute atomic E-state index is 12.0. The van der Waals surface area contributed by atoms with Gasteiger partial charge in [-0.05, 0) is 44.2 Å². The third-order valence-corrected chi connectivity index (χ3v) is 4.82. The average molecular weight is 340 g/mol. The van der Waals surface area contributed by atoms with E-state index in [9.17, 15) is 4.79 Å². The first-order valence-electron chi connectivity index (χ1n) is 7.93. The molecular formula is C15H31Cl2N3O. The normalized spacial score (nSPS) is 29.3. The summed E-state index contributed by atoms with van der Waals surface area (Å²) in [7, 11) is 0. The monoisotopic (exact) mass is 339 g/mol. The van der Waals surface area contributed by atoms with Gasteiger partial charge in [-0.3, -0.25) is 4.79 Å². The molecule has 0 aromatic rings. The summed E-state index contributed by atoms with van der Waals surface area (Å²) >= 11 is 0. The summed E-state index contributed by atoms with van der Waals surface area (Å²) in [6, 6.07) is 0.238. The molecule has 2 fully saturated rings. The lowest BCUT2D eigenvalue weighted by atomic mass is 9.83. The van der Waals surface area contributed by atoms with Crippen molar-refractivity contribution in [2.45, 2.75) is 51.5 Å². The third kappa shape index (κ3) is 6.72. The van der Waals surface area contributed by atoms with E-state index in [0.717, 1.165) is 32.5 Å². The highest BCUT2D eigenvalue weighted by Gasteiger charge is 2.25. The maximum Gasteiger partial charge on any atom is 0.220 e. The van der Waals surface area contributed by atoms with Gasteiger partial charge >= 0.3 is 0 Å². The molecular weight excluding hydrogens is 309 g/mol. The Labute approximate surface area is 141 Å². The van der Waals surface area contributed by atoms with Crippen LogP contribution < -0.4 is 11.1 Å². The van der Waals surface area contributed by atoms with Gasteiger partial charge in [0, 0.05) is 25.6 Å². The average Bonchev–Trinajstić information content (AvgIpc) is 2.87. The lowest BCUT2D eigenvalue weighted by Crippen LogP contribution is -2.38. The quantitative estimate of drug-likeness (QED) is 0.807. The Morgan fingerprint density at radius 3 is 2.57 bits per heavy atom. The van der Waals surface area contributed by atoms with Gasteiger partial charge in [-0.2, -0.15) is 0 Å². The second-order valence-corrected chi connectivity index (χ2v) is 6.26. The first-order valence-corrected chi connectivity index (χ1v) is 7.93. The van der Waals surface area contributed by atoms with Gasteiger partial charge in [0.25, 0.3) is 0 Å². The van der Waals surface area contributed by atoms with Crippen LogP contribution in [0.3, 0.4) is 0 Å². The molecule has 4 nitrogen and oxygen atoms in total. The van der Waals surface area contributed by atoms with Crippen LogP contribution in [0.1, 0.15) is 45.4 Å². The van der Waals surface area contributed by atoms with Gasteiger partial charge in [-0.15, -0.1) is 24.8 Å². The Morgan fingerprint density at radius 1 is 1.24 bits per heavy atom. The minimum Gasteiger partial charge on any atom is -0.356 e. The Morgan fingerprint density at radius 2 is 1.95 bits per heavy atom. The highest BCUT2D eigenvalue weighted by Crippen LogP contribution is 2.25. The predicted molar refractivity (Wildman–Crippen MR) is 92.3 cm³/mol. The highest BCUT2D eigenvalue weighted by molar-refractivity contribution is 5.85. The Kier molecular flexibility index (Phi) is 10.6. The summed E-state index contributed by atoms with van der Waals surface area (Å²) in [4.78, 5) is 14.4. The van der Waals surface area contributed by atoms with Crippen molar-refractivity contribution in [1.82, 2.24) is 10.2 Å². The first kappa shape index (κ1) is 21.0. The molecule has 0 radical (unpaired) electrons. The molecule has 1 amide bonds. The Balaban J connectivity index is 0.00000200. The number of hydrogen-bond acceptors (Lipinski definition) is 3. The highest BCUT2D eigenvalue weighted by atomic mass is 35.5. The first-order chi connectivity index (χ1) is 9.19.